The van der Waals surface area contributed by atoms with Crippen LogP contribution < -0.4 is 4.90 Å². The molecule has 2 aromatic rings. The summed E-state index contributed by atoms with van der Waals surface area (Å²) in [4.78, 5) is 8.80. The van der Waals surface area contributed by atoms with Gasteiger partial charge in [0.15, 0.2) is 0 Å². The molecule has 0 spiro atoms. The Morgan fingerprint density at radius 2 is 1.64 bits per heavy atom. The molecular formula is C19H21N3. The number of para-hydroxylation sites is 1. The Kier molecular flexibility index (Phi) is 3.72. The van der Waals surface area contributed by atoms with Crippen LogP contribution in [0.15, 0.2) is 53.5 Å². The first-order chi connectivity index (χ1) is 10.6. The number of anilines is 1. The van der Waals surface area contributed by atoms with E-state index >= 15 is 0 Å². The van der Waals surface area contributed by atoms with E-state index in [0.717, 1.165) is 23.5 Å². The SMILES string of the molecule is C=N/C1=C(\N(C)C)c2ccccc2N(C)Cc2ccccc21. The van der Waals surface area contributed by atoms with Gasteiger partial charge >= 0.3 is 0 Å². The molecule has 0 fully saturated rings. The predicted octanol–water partition coefficient (Wildman–Crippen LogP) is 3.72. The van der Waals surface area contributed by atoms with Gasteiger partial charge in [0, 0.05) is 44.5 Å². The molecule has 2 aromatic carbocycles. The van der Waals surface area contributed by atoms with E-state index in [-0.39, 0.29) is 0 Å². The Bertz CT molecular complexity index is 744. The van der Waals surface area contributed by atoms with Crippen molar-refractivity contribution in [2.24, 2.45) is 4.99 Å². The van der Waals surface area contributed by atoms with E-state index in [2.05, 4.69) is 91.2 Å². The van der Waals surface area contributed by atoms with E-state index in [4.69, 9.17) is 0 Å². The molecule has 3 rings (SSSR count). The van der Waals surface area contributed by atoms with Crippen LogP contribution >= 0.6 is 0 Å². The Hall–Kier alpha value is -2.55. The smallest absolute Gasteiger partial charge is 0.0938 e. The van der Waals surface area contributed by atoms with Gasteiger partial charge in [-0.25, -0.2) is 0 Å². The minimum Gasteiger partial charge on any atom is -0.375 e. The summed E-state index contributed by atoms with van der Waals surface area (Å²) >= 11 is 0. The van der Waals surface area contributed by atoms with Crippen LogP contribution in [0.4, 0.5) is 5.69 Å². The molecule has 0 bridgehead atoms. The first-order valence-electron chi connectivity index (χ1n) is 7.40. The van der Waals surface area contributed by atoms with Gasteiger partial charge in [-0.3, -0.25) is 4.99 Å². The van der Waals surface area contributed by atoms with Crippen LogP contribution in [-0.4, -0.2) is 32.8 Å². The summed E-state index contributed by atoms with van der Waals surface area (Å²) in [6.45, 7) is 4.69. The number of hydrogen-bond acceptors (Lipinski definition) is 3. The molecule has 0 aliphatic carbocycles. The quantitative estimate of drug-likeness (QED) is 0.785. The number of benzene rings is 2. The van der Waals surface area contributed by atoms with Gasteiger partial charge in [0.1, 0.15) is 0 Å². The number of fused-ring (bicyclic) bond motifs is 2. The molecule has 0 saturated carbocycles. The molecule has 1 heterocycles. The maximum atomic E-state index is 4.39. The van der Waals surface area contributed by atoms with E-state index in [1.54, 1.807) is 0 Å². The number of rotatable bonds is 2. The Morgan fingerprint density at radius 3 is 2.32 bits per heavy atom. The van der Waals surface area contributed by atoms with Gasteiger partial charge < -0.3 is 9.80 Å². The molecule has 0 amide bonds. The van der Waals surface area contributed by atoms with Crippen molar-refractivity contribution < 1.29 is 0 Å². The van der Waals surface area contributed by atoms with Crippen molar-refractivity contribution in [2.75, 3.05) is 26.0 Å². The second kappa shape index (κ2) is 5.68. The fraction of sp³-hybridized carbons (Fsp3) is 0.211. The minimum atomic E-state index is 0.854. The van der Waals surface area contributed by atoms with Crippen LogP contribution in [0.5, 0.6) is 0 Å². The first-order valence-corrected chi connectivity index (χ1v) is 7.40. The van der Waals surface area contributed by atoms with Gasteiger partial charge in [-0.05, 0) is 18.3 Å². The highest BCUT2D eigenvalue weighted by atomic mass is 15.1. The summed E-state index contributed by atoms with van der Waals surface area (Å²) in [5.41, 5.74) is 6.86. The van der Waals surface area contributed by atoms with Crippen LogP contribution in [0.3, 0.4) is 0 Å². The fourth-order valence-electron chi connectivity index (χ4n) is 3.10. The third-order valence-corrected chi connectivity index (χ3v) is 4.08. The lowest BCUT2D eigenvalue weighted by atomic mass is 9.96. The van der Waals surface area contributed by atoms with Crippen LogP contribution in [0.25, 0.3) is 11.4 Å². The maximum Gasteiger partial charge on any atom is 0.0938 e. The lowest BCUT2D eigenvalue weighted by molar-refractivity contribution is 0.592. The van der Waals surface area contributed by atoms with Gasteiger partial charge in [-0.15, -0.1) is 0 Å². The Balaban J connectivity index is 2.41. The molecule has 0 radical (unpaired) electrons. The molecule has 1 aliphatic heterocycles. The van der Waals surface area contributed by atoms with E-state index in [0.29, 0.717) is 0 Å². The van der Waals surface area contributed by atoms with E-state index in [1.165, 1.54) is 16.8 Å². The van der Waals surface area contributed by atoms with Gasteiger partial charge in [0.05, 0.1) is 11.4 Å². The third-order valence-electron chi connectivity index (χ3n) is 4.08. The largest absolute Gasteiger partial charge is 0.375 e. The average molecular weight is 291 g/mol. The summed E-state index contributed by atoms with van der Waals surface area (Å²) in [6.07, 6.45) is 0. The normalized spacial score (nSPS) is 17.1. The molecule has 0 aromatic heterocycles. The first kappa shape index (κ1) is 14.4. The topological polar surface area (TPSA) is 18.8 Å². The monoisotopic (exact) mass is 291 g/mol. The van der Waals surface area contributed by atoms with Crippen LogP contribution in [-0.2, 0) is 6.54 Å². The summed E-state index contributed by atoms with van der Waals surface area (Å²) in [5, 5.41) is 0. The van der Waals surface area contributed by atoms with E-state index in [9.17, 15) is 0 Å². The highest BCUT2D eigenvalue weighted by Gasteiger charge is 2.22. The van der Waals surface area contributed by atoms with Gasteiger partial charge in [-0.1, -0.05) is 42.5 Å². The molecule has 1 aliphatic rings. The summed E-state index contributed by atoms with van der Waals surface area (Å²) in [6, 6.07) is 16.9. The standard InChI is InChI=1S/C19H21N3/c1-20-18-15-10-6-5-9-14(15)13-22(4)17-12-8-7-11-16(17)19(18)21(2)3/h5-12H,1,13H2,2-4H3/b19-18-. The molecule has 3 nitrogen and oxygen atoms in total. The van der Waals surface area contributed by atoms with Crippen molar-refractivity contribution in [3.8, 4) is 0 Å². The zero-order valence-corrected chi connectivity index (χ0v) is 13.4. The summed E-state index contributed by atoms with van der Waals surface area (Å²) in [7, 11) is 6.25. The highest BCUT2D eigenvalue weighted by Crippen LogP contribution is 2.38. The van der Waals surface area contributed by atoms with Gasteiger partial charge in [0.25, 0.3) is 0 Å². The number of nitrogens with zero attached hydrogens (tertiary/aromatic N) is 3. The molecule has 0 saturated heterocycles. The third kappa shape index (κ3) is 2.29. The van der Waals surface area contributed by atoms with Gasteiger partial charge in [-0.2, -0.15) is 0 Å². The molecule has 3 heteroatoms. The molecule has 112 valence electrons. The Morgan fingerprint density at radius 1 is 1.00 bits per heavy atom. The predicted molar refractivity (Wildman–Crippen MR) is 95.0 cm³/mol. The average Bonchev–Trinajstić information content (AvgIpc) is 2.51. The van der Waals surface area contributed by atoms with Crippen molar-refractivity contribution in [1.29, 1.82) is 0 Å². The lowest BCUT2D eigenvalue weighted by Crippen LogP contribution is -2.23. The molecule has 0 N–H and O–H groups in total. The number of aliphatic imine (C=N–C) groups is 1. The second-order valence-corrected chi connectivity index (χ2v) is 5.78. The van der Waals surface area contributed by atoms with Crippen molar-refractivity contribution in [1.82, 2.24) is 4.90 Å². The summed E-state index contributed by atoms with van der Waals surface area (Å²) < 4.78 is 0. The van der Waals surface area contributed by atoms with E-state index < -0.39 is 0 Å². The van der Waals surface area contributed by atoms with Crippen molar-refractivity contribution in [3.05, 3.63) is 65.2 Å². The van der Waals surface area contributed by atoms with Crippen molar-refractivity contribution in [3.63, 3.8) is 0 Å². The van der Waals surface area contributed by atoms with Crippen LogP contribution in [0.2, 0.25) is 0 Å². The molecular weight excluding hydrogens is 270 g/mol. The zero-order chi connectivity index (χ0) is 15.7. The summed E-state index contributed by atoms with van der Waals surface area (Å²) in [5.74, 6) is 0. The van der Waals surface area contributed by atoms with Crippen molar-refractivity contribution >= 4 is 23.8 Å². The minimum absolute atomic E-state index is 0.854. The van der Waals surface area contributed by atoms with Crippen LogP contribution in [0, 0.1) is 0 Å². The zero-order valence-electron chi connectivity index (χ0n) is 13.4. The molecule has 22 heavy (non-hydrogen) atoms. The second-order valence-electron chi connectivity index (χ2n) is 5.78. The lowest BCUT2D eigenvalue weighted by Gasteiger charge is -2.31. The molecule has 0 unspecified atom stereocenters. The maximum absolute atomic E-state index is 4.39. The molecule has 0 atom stereocenters. The van der Waals surface area contributed by atoms with Gasteiger partial charge in [0.2, 0.25) is 0 Å². The number of hydrogen-bond donors (Lipinski definition) is 0. The fourth-order valence-corrected chi connectivity index (χ4v) is 3.10. The highest BCUT2D eigenvalue weighted by molar-refractivity contribution is 5.95. The van der Waals surface area contributed by atoms with E-state index in [1.807, 2.05) is 0 Å². The Labute approximate surface area is 132 Å². The van der Waals surface area contributed by atoms with Crippen molar-refractivity contribution in [2.45, 2.75) is 6.54 Å². The van der Waals surface area contributed by atoms with Crippen LogP contribution in [0.1, 0.15) is 16.7 Å².